The molecule has 22 heavy (non-hydrogen) atoms. The summed E-state index contributed by atoms with van der Waals surface area (Å²) in [6.07, 6.45) is 2.13. The Hall–Kier alpha value is -1.44. The molecule has 0 saturated carbocycles. The average molecular weight is 306 g/mol. The van der Waals surface area contributed by atoms with E-state index in [4.69, 9.17) is 14.5 Å². The van der Waals surface area contributed by atoms with Crippen LogP contribution in [-0.4, -0.2) is 66.7 Å². The number of aliphatic hydroxyl groups excluding tert-OH is 1. The van der Waals surface area contributed by atoms with E-state index in [1.807, 2.05) is 0 Å². The van der Waals surface area contributed by atoms with Gasteiger partial charge in [-0.3, -0.25) is 0 Å². The van der Waals surface area contributed by atoms with Crippen molar-refractivity contribution in [1.29, 1.82) is 0 Å². The predicted molar refractivity (Wildman–Crippen MR) is 80.4 cm³/mol. The van der Waals surface area contributed by atoms with Gasteiger partial charge in [-0.2, -0.15) is 4.98 Å². The van der Waals surface area contributed by atoms with Crippen LogP contribution in [0.1, 0.15) is 17.7 Å². The minimum atomic E-state index is -0.574. The Labute approximate surface area is 129 Å². The number of rotatable bonds is 3. The largest absolute Gasteiger partial charge is 0.469 e. The van der Waals surface area contributed by atoms with Crippen LogP contribution in [0.15, 0.2) is 0 Å². The fourth-order valence-electron chi connectivity index (χ4n) is 3.27. The smallest absolute Gasteiger partial charge is 0.228 e. The summed E-state index contributed by atoms with van der Waals surface area (Å²) >= 11 is 0. The van der Waals surface area contributed by atoms with Gasteiger partial charge < -0.3 is 24.8 Å². The number of aryl methyl sites for hydroxylation is 1. The minimum Gasteiger partial charge on any atom is -0.469 e. The lowest BCUT2D eigenvalue weighted by molar-refractivity contribution is 0.0697. The van der Waals surface area contributed by atoms with E-state index in [1.54, 1.807) is 0 Å². The monoisotopic (exact) mass is 306 g/mol. The number of aliphatic hydroxyl groups is 1. The van der Waals surface area contributed by atoms with Gasteiger partial charge in [0, 0.05) is 31.7 Å². The van der Waals surface area contributed by atoms with Crippen LogP contribution in [-0.2, 0) is 17.6 Å². The van der Waals surface area contributed by atoms with E-state index < -0.39 is 6.10 Å². The van der Waals surface area contributed by atoms with Crippen molar-refractivity contribution in [2.45, 2.75) is 31.5 Å². The lowest BCUT2D eigenvalue weighted by atomic mass is 10.2. The summed E-state index contributed by atoms with van der Waals surface area (Å²) in [4.78, 5) is 11.6. The van der Waals surface area contributed by atoms with Gasteiger partial charge in [-0.15, -0.1) is 0 Å². The number of hydrogen-bond donors (Lipinski definition) is 2. The zero-order chi connectivity index (χ0) is 14.9. The first-order chi connectivity index (χ1) is 10.8. The van der Waals surface area contributed by atoms with Crippen molar-refractivity contribution in [1.82, 2.24) is 15.3 Å². The zero-order valence-corrected chi connectivity index (χ0v) is 12.6. The number of ether oxygens (including phenoxy) is 2. The summed E-state index contributed by atoms with van der Waals surface area (Å²) in [5.41, 5.74) is 2.21. The number of nitrogens with zero attached hydrogens (tertiary/aromatic N) is 3. The van der Waals surface area contributed by atoms with Gasteiger partial charge in [-0.1, -0.05) is 0 Å². The first-order valence-electron chi connectivity index (χ1n) is 8.09. The molecule has 2 aliphatic heterocycles. The van der Waals surface area contributed by atoms with Crippen LogP contribution in [0.4, 0.5) is 5.95 Å². The molecule has 0 radical (unpaired) electrons. The highest BCUT2D eigenvalue weighted by Crippen LogP contribution is 2.31. The molecule has 3 aliphatic rings. The van der Waals surface area contributed by atoms with Crippen molar-refractivity contribution in [2.75, 3.05) is 44.3 Å². The Bertz CT molecular complexity index is 548. The van der Waals surface area contributed by atoms with Gasteiger partial charge in [0.15, 0.2) is 6.10 Å². The van der Waals surface area contributed by atoms with Crippen molar-refractivity contribution in [2.24, 2.45) is 0 Å². The molecule has 7 nitrogen and oxygen atoms in total. The molecule has 120 valence electrons. The highest BCUT2D eigenvalue weighted by atomic mass is 16.6. The van der Waals surface area contributed by atoms with Crippen LogP contribution in [0.3, 0.4) is 0 Å². The summed E-state index contributed by atoms with van der Waals surface area (Å²) in [5.74, 6) is 1.40. The summed E-state index contributed by atoms with van der Waals surface area (Å²) in [5, 5.41) is 13.2. The molecule has 0 spiro atoms. The molecule has 0 amide bonds. The third-order valence-corrected chi connectivity index (χ3v) is 4.55. The molecule has 0 unspecified atom stereocenters. The van der Waals surface area contributed by atoms with Gasteiger partial charge in [0.1, 0.15) is 6.10 Å². The number of aromatic nitrogens is 2. The molecule has 1 aromatic heterocycles. The van der Waals surface area contributed by atoms with Crippen LogP contribution in [0.25, 0.3) is 0 Å². The molecule has 1 aromatic rings. The second-order valence-electron chi connectivity index (χ2n) is 6.11. The molecule has 2 N–H and O–H groups in total. The standard InChI is InChI=1S/C15H22N4O3/c20-12-8-21-9-13(12)22-14-10-2-1-3-11(10)17-15(18-14)19-6-4-16-5-7-19/h12-13,16,20H,1-9H2/t12-,13-/m1/s1. The quantitative estimate of drug-likeness (QED) is 0.780. The highest BCUT2D eigenvalue weighted by molar-refractivity contribution is 5.43. The molecule has 2 atom stereocenters. The maximum Gasteiger partial charge on any atom is 0.228 e. The third kappa shape index (κ3) is 2.64. The van der Waals surface area contributed by atoms with E-state index in [9.17, 15) is 5.11 Å². The number of piperazine rings is 1. The molecule has 7 heteroatoms. The van der Waals surface area contributed by atoms with Crippen LogP contribution in [0, 0.1) is 0 Å². The Kier molecular flexibility index (Phi) is 3.85. The van der Waals surface area contributed by atoms with Gasteiger partial charge in [0.05, 0.1) is 18.9 Å². The van der Waals surface area contributed by atoms with Gasteiger partial charge in [0.2, 0.25) is 11.8 Å². The van der Waals surface area contributed by atoms with E-state index in [-0.39, 0.29) is 6.10 Å². The van der Waals surface area contributed by atoms with Crippen LogP contribution < -0.4 is 15.0 Å². The molecule has 4 rings (SSSR count). The first-order valence-corrected chi connectivity index (χ1v) is 8.09. The van der Waals surface area contributed by atoms with Crippen LogP contribution in [0.5, 0.6) is 5.88 Å². The van der Waals surface area contributed by atoms with Gasteiger partial charge in [0.25, 0.3) is 0 Å². The maximum atomic E-state index is 9.90. The van der Waals surface area contributed by atoms with Gasteiger partial charge >= 0.3 is 0 Å². The summed E-state index contributed by atoms with van der Waals surface area (Å²) in [7, 11) is 0. The van der Waals surface area contributed by atoms with E-state index in [1.165, 1.54) is 0 Å². The van der Waals surface area contributed by atoms with Crippen molar-refractivity contribution in [3.05, 3.63) is 11.3 Å². The lowest BCUT2D eigenvalue weighted by Gasteiger charge is -2.28. The lowest BCUT2D eigenvalue weighted by Crippen LogP contribution is -2.44. The van der Waals surface area contributed by atoms with Crippen LogP contribution >= 0.6 is 0 Å². The van der Waals surface area contributed by atoms with Gasteiger partial charge in [-0.25, -0.2) is 4.98 Å². The molecular weight excluding hydrogens is 284 g/mol. The van der Waals surface area contributed by atoms with E-state index in [0.717, 1.165) is 62.6 Å². The Morgan fingerprint density at radius 2 is 2.05 bits per heavy atom. The molecule has 0 aromatic carbocycles. The van der Waals surface area contributed by atoms with Gasteiger partial charge in [-0.05, 0) is 19.3 Å². The zero-order valence-electron chi connectivity index (χ0n) is 12.6. The Morgan fingerprint density at radius 1 is 1.18 bits per heavy atom. The summed E-state index contributed by atoms with van der Waals surface area (Å²) < 4.78 is 11.3. The second-order valence-corrected chi connectivity index (χ2v) is 6.11. The number of fused-ring (bicyclic) bond motifs is 1. The normalized spacial score (nSPS) is 28.0. The molecular formula is C15H22N4O3. The number of anilines is 1. The average Bonchev–Trinajstić information content (AvgIpc) is 3.17. The minimum absolute atomic E-state index is 0.324. The fraction of sp³-hybridized carbons (Fsp3) is 0.733. The molecule has 0 bridgehead atoms. The van der Waals surface area contributed by atoms with Crippen LogP contribution in [0.2, 0.25) is 0 Å². The molecule has 3 heterocycles. The van der Waals surface area contributed by atoms with E-state index in [0.29, 0.717) is 19.1 Å². The van der Waals surface area contributed by atoms with Crippen molar-refractivity contribution in [3.63, 3.8) is 0 Å². The van der Waals surface area contributed by atoms with Crippen molar-refractivity contribution < 1.29 is 14.6 Å². The summed E-state index contributed by atoms with van der Waals surface area (Å²) in [6.45, 7) is 4.48. The van der Waals surface area contributed by atoms with Crippen molar-refractivity contribution >= 4 is 5.95 Å². The number of hydrogen-bond acceptors (Lipinski definition) is 7. The predicted octanol–water partition coefficient (Wildman–Crippen LogP) is -0.487. The highest BCUT2D eigenvalue weighted by Gasteiger charge is 2.31. The third-order valence-electron chi connectivity index (χ3n) is 4.55. The second kappa shape index (κ2) is 5.98. The number of nitrogens with one attached hydrogen (secondary N) is 1. The Balaban J connectivity index is 1.62. The van der Waals surface area contributed by atoms with E-state index >= 15 is 0 Å². The van der Waals surface area contributed by atoms with E-state index in [2.05, 4.69) is 15.2 Å². The molecule has 2 saturated heterocycles. The SMILES string of the molecule is O[C@@H]1COC[C@H]1Oc1nc(N2CCNCC2)nc2c1CCC2. The summed E-state index contributed by atoms with van der Waals surface area (Å²) in [6, 6.07) is 0. The molecule has 2 fully saturated rings. The van der Waals surface area contributed by atoms with Crippen molar-refractivity contribution in [3.8, 4) is 5.88 Å². The molecule has 1 aliphatic carbocycles. The fourth-order valence-corrected chi connectivity index (χ4v) is 3.27. The maximum absolute atomic E-state index is 9.90. The topological polar surface area (TPSA) is 79.7 Å². The first kappa shape index (κ1) is 14.2. The Morgan fingerprint density at radius 3 is 2.82 bits per heavy atom.